The first-order valence-electron chi connectivity index (χ1n) is 6.72. The average molecular weight is 314 g/mol. The lowest BCUT2D eigenvalue weighted by Gasteiger charge is -2.24. The van der Waals surface area contributed by atoms with Crippen molar-refractivity contribution in [3.63, 3.8) is 0 Å². The predicted molar refractivity (Wildman–Crippen MR) is 83.3 cm³/mol. The average Bonchev–Trinajstić information content (AvgIpc) is 2.70. The molecule has 1 aromatic rings. The summed E-state index contributed by atoms with van der Waals surface area (Å²) in [6.45, 7) is 8.89. The zero-order valence-corrected chi connectivity index (χ0v) is 13.9. The molecule has 1 aliphatic heterocycles. The molecular weight excluding hydrogens is 294 g/mol. The summed E-state index contributed by atoms with van der Waals surface area (Å²) in [6, 6.07) is 4.06. The van der Waals surface area contributed by atoms with Gasteiger partial charge in [0.05, 0.1) is 5.02 Å². The summed E-state index contributed by atoms with van der Waals surface area (Å²) in [5.41, 5.74) is 1.81. The third kappa shape index (κ3) is 3.61. The summed E-state index contributed by atoms with van der Waals surface area (Å²) in [5.74, 6) is 0.980. The molecule has 2 rings (SSSR count). The molecule has 0 aromatic heterocycles. The molecule has 0 radical (unpaired) electrons. The molecule has 5 heteroatoms. The summed E-state index contributed by atoms with van der Waals surface area (Å²) in [7, 11) is 0. The van der Waals surface area contributed by atoms with Crippen LogP contribution in [0.25, 0.3) is 0 Å². The van der Waals surface area contributed by atoms with E-state index in [-0.39, 0.29) is 6.09 Å². The number of carbonyl (C=O) groups excluding carboxylic acids is 1. The highest BCUT2D eigenvalue weighted by atomic mass is 35.5. The predicted octanol–water partition coefficient (Wildman–Crippen LogP) is 4.70. The zero-order valence-electron chi connectivity index (χ0n) is 12.3. The molecule has 0 bridgehead atoms. The van der Waals surface area contributed by atoms with E-state index < -0.39 is 5.60 Å². The second-order valence-corrected chi connectivity index (χ2v) is 7.53. The fraction of sp³-hybridized carbons (Fsp3) is 0.533. The van der Waals surface area contributed by atoms with Gasteiger partial charge in [0.2, 0.25) is 0 Å². The third-order valence-corrected chi connectivity index (χ3v) is 4.29. The summed E-state index contributed by atoms with van der Waals surface area (Å²) in [6.07, 6.45) is -0.269. The van der Waals surface area contributed by atoms with Crippen molar-refractivity contribution in [3.05, 3.63) is 28.3 Å². The van der Waals surface area contributed by atoms with E-state index in [1.165, 1.54) is 0 Å². The van der Waals surface area contributed by atoms with Gasteiger partial charge in [-0.3, -0.25) is 4.90 Å². The fourth-order valence-electron chi connectivity index (χ4n) is 2.12. The Balaban J connectivity index is 2.13. The highest BCUT2D eigenvalue weighted by Crippen LogP contribution is 2.34. The van der Waals surface area contributed by atoms with Crippen LogP contribution in [0.4, 0.5) is 4.79 Å². The quantitative estimate of drug-likeness (QED) is 0.741. The molecule has 0 saturated heterocycles. The maximum Gasteiger partial charge on any atom is 0.410 e. The number of hydrogen-bond acceptors (Lipinski definition) is 3. The first-order valence-corrected chi connectivity index (χ1v) is 8.08. The van der Waals surface area contributed by atoms with E-state index in [0.717, 1.165) is 26.8 Å². The summed E-state index contributed by atoms with van der Waals surface area (Å²) in [5, 5.41) is 0.765. The van der Waals surface area contributed by atoms with Gasteiger partial charge in [-0.05, 0) is 49.8 Å². The Morgan fingerprint density at radius 2 is 1.95 bits per heavy atom. The smallest absolute Gasteiger partial charge is 0.410 e. The van der Waals surface area contributed by atoms with Gasteiger partial charge in [0.15, 0.2) is 0 Å². The molecule has 0 fully saturated rings. The minimum Gasteiger partial charge on any atom is -0.444 e. The van der Waals surface area contributed by atoms with E-state index in [1.807, 2.05) is 26.8 Å². The molecule has 0 unspecified atom stereocenters. The van der Waals surface area contributed by atoms with Crippen LogP contribution < -0.4 is 0 Å². The fourth-order valence-corrected chi connectivity index (χ4v) is 3.20. The van der Waals surface area contributed by atoms with E-state index in [0.29, 0.717) is 13.1 Å². The van der Waals surface area contributed by atoms with Crippen LogP contribution in [0.15, 0.2) is 17.0 Å². The molecule has 0 aliphatic carbocycles. The molecule has 0 N–H and O–H groups in total. The molecule has 20 heavy (non-hydrogen) atoms. The van der Waals surface area contributed by atoms with Gasteiger partial charge in [0, 0.05) is 18.0 Å². The van der Waals surface area contributed by atoms with Crippen molar-refractivity contribution in [2.45, 2.75) is 51.3 Å². The molecule has 1 aliphatic rings. The second-order valence-electron chi connectivity index (χ2n) is 5.82. The minimum atomic E-state index is -0.466. The standard InChI is InChI=1S/C15H20ClNO2S/c1-5-20-13-7-11-9-17(8-10(11)6-12(13)16)14(18)19-15(2,3)4/h6-7H,5,8-9H2,1-4H3. The number of ether oxygens (including phenoxy) is 1. The molecule has 1 amide bonds. The Morgan fingerprint density at radius 1 is 1.35 bits per heavy atom. The lowest BCUT2D eigenvalue weighted by molar-refractivity contribution is 0.0242. The molecule has 0 atom stereocenters. The molecule has 1 heterocycles. The number of carbonyl (C=O) groups is 1. The number of halogens is 1. The highest BCUT2D eigenvalue weighted by molar-refractivity contribution is 7.99. The number of amides is 1. The van der Waals surface area contributed by atoms with Gasteiger partial charge in [-0.1, -0.05) is 18.5 Å². The molecule has 110 valence electrons. The number of hydrogen-bond donors (Lipinski definition) is 0. The van der Waals surface area contributed by atoms with E-state index in [9.17, 15) is 4.79 Å². The van der Waals surface area contributed by atoms with Gasteiger partial charge < -0.3 is 4.74 Å². The van der Waals surface area contributed by atoms with Crippen molar-refractivity contribution < 1.29 is 9.53 Å². The van der Waals surface area contributed by atoms with Crippen LogP contribution in [0, 0.1) is 0 Å². The number of nitrogens with zero attached hydrogens (tertiary/aromatic N) is 1. The third-order valence-electron chi connectivity index (χ3n) is 2.93. The zero-order chi connectivity index (χ0) is 14.9. The normalized spacial score (nSPS) is 14.3. The van der Waals surface area contributed by atoms with Gasteiger partial charge in [0.1, 0.15) is 5.60 Å². The summed E-state index contributed by atoms with van der Waals surface area (Å²) >= 11 is 7.99. The SMILES string of the molecule is CCSc1cc2c(cc1Cl)CN(C(=O)OC(C)(C)C)C2. The van der Waals surface area contributed by atoms with E-state index in [1.54, 1.807) is 16.7 Å². The number of fused-ring (bicyclic) bond motifs is 1. The summed E-state index contributed by atoms with van der Waals surface area (Å²) in [4.78, 5) is 14.9. The Labute approximate surface area is 129 Å². The molecular formula is C15H20ClNO2S. The Hall–Kier alpha value is -0.870. The molecule has 3 nitrogen and oxygen atoms in total. The van der Waals surface area contributed by atoms with Gasteiger partial charge in [0.25, 0.3) is 0 Å². The molecule has 1 aromatic carbocycles. The van der Waals surface area contributed by atoms with Crippen LogP contribution in [0.1, 0.15) is 38.8 Å². The highest BCUT2D eigenvalue weighted by Gasteiger charge is 2.28. The van der Waals surface area contributed by atoms with Crippen LogP contribution >= 0.6 is 23.4 Å². The number of benzene rings is 1. The Bertz CT molecular complexity index is 525. The van der Waals surface area contributed by atoms with Crippen LogP contribution in [0.5, 0.6) is 0 Å². The number of rotatable bonds is 2. The Kier molecular flexibility index (Phi) is 4.55. The van der Waals surface area contributed by atoms with Crippen LogP contribution in [-0.4, -0.2) is 22.3 Å². The maximum absolute atomic E-state index is 12.1. The second kappa shape index (κ2) is 5.86. The van der Waals surface area contributed by atoms with Crippen molar-refractivity contribution in [2.24, 2.45) is 0 Å². The lowest BCUT2D eigenvalue weighted by atomic mass is 10.1. The minimum absolute atomic E-state index is 0.269. The van der Waals surface area contributed by atoms with Gasteiger partial charge >= 0.3 is 6.09 Å². The first kappa shape index (κ1) is 15.5. The summed E-state index contributed by atoms with van der Waals surface area (Å²) < 4.78 is 5.41. The van der Waals surface area contributed by atoms with E-state index in [4.69, 9.17) is 16.3 Å². The van der Waals surface area contributed by atoms with Crippen molar-refractivity contribution in [1.82, 2.24) is 4.90 Å². The van der Waals surface area contributed by atoms with Crippen molar-refractivity contribution in [1.29, 1.82) is 0 Å². The monoisotopic (exact) mass is 313 g/mol. The van der Waals surface area contributed by atoms with Gasteiger partial charge in [-0.15, -0.1) is 11.8 Å². The van der Waals surface area contributed by atoms with Gasteiger partial charge in [-0.2, -0.15) is 0 Å². The molecule has 0 spiro atoms. The maximum atomic E-state index is 12.1. The van der Waals surface area contributed by atoms with E-state index in [2.05, 4.69) is 13.0 Å². The van der Waals surface area contributed by atoms with Crippen molar-refractivity contribution in [3.8, 4) is 0 Å². The largest absolute Gasteiger partial charge is 0.444 e. The van der Waals surface area contributed by atoms with Crippen LogP contribution in [-0.2, 0) is 17.8 Å². The topological polar surface area (TPSA) is 29.5 Å². The Morgan fingerprint density at radius 3 is 2.50 bits per heavy atom. The number of thioether (sulfide) groups is 1. The first-order chi connectivity index (χ1) is 9.30. The van der Waals surface area contributed by atoms with Crippen molar-refractivity contribution in [2.75, 3.05) is 5.75 Å². The van der Waals surface area contributed by atoms with Crippen molar-refractivity contribution >= 4 is 29.5 Å². The van der Waals surface area contributed by atoms with Gasteiger partial charge in [-0.25, -0.2) is 4.79 Å². The van der Waals surface area contributed by atoms with E-state index >= 15 is 0 Å². The molecule has 0 saturated carbocycles. The van der Waals surface area contributed by atoms with Crippen LogP contribution in [0.2, 0.25) is 5.02 Å². The lowest BCUT2D eigenvalue weighted by Crippen LogP contribution is -2.33. The van der Waals surface area contributed by atoms with Crippen LogP contribution in [0.3, 0.4) is 0 Å².